The van der Waals surface area contributed by atoms with E-state index in [1.807, 2.05) is 66.9 Å². The number of carbonyl (C=O) groups excluding carboxylic acids is 1. The summed E-state index contributed by atoms with van der Waals surface area (Å²) in [5.41, 5.74) is 1.73. The number of halogens is 1. The van der Waals surface area contributed by atoms with Crippen molar-refractivity contribution in [1.29, 1.82) is 0 Å². The first kappa shape index (κ1) is 21.2. The number of hydrogen-bond acceptors (Lipinski definition) is 5. The standard InChI is InChI=1S/C21H23ClN4O2S/c1-4-14(2)23-19(27)13-29-21-25-24-20(15-6-5-7-18(12-15)28-3)26(21)17-10-8-16(22)9-11-17/h5-12,14H,4,13H2,1-3H3,(H,23,27). The van der Waals surface area contributed by atoms with Crippen LogP contribution < -0.4 is 10.1 Å². The van der Waals surface area contributed by atoms with E-state index in [-0.39, 0.29) is 17.7 Å². The fraction of sp³-hybridized carbons (Fsp3) is 0.286. The lowest BCUT2D eigenvalue weighted by atomic mass is 10.2. The second-order valence-electron chi connectivity index (χ2n) is 6.52. The number of hydrogen-bond donors (Lipinski definition) is 1. The van der Waals surface area contributed by atoms with Crippen LogP contribution in [0.3, 0.4) is 0 Å². The van der Waals surface area contributed by atoms with Gasteiger partial charge in [0.05, 0.1) is 12.9 Å². The second kappa shape index (κ2) is 9.80. The quantitative estimate of drug-likeness (QED) is 0.529. The second-order valence-corrected chi connectivity index (χ2v) is 7.89. The van der Waals surface area contributed by atoms with Crippen molar-refractivity contribution in [3.8, 4) is 22.8 Å². The monoisotopic (exact) mass is 430 g/mol. The summed E-state index contributed by atoms with van der Waals surface area (Å²) in [6, 6.07) is 15.2. The molecule has 0 radical (unpaired) electrons. The molecule has 8 heteroatoms. The fourth-order valence-corrected chi connectivity index (χ4v) is 3.57. The smallest absolute Gasteiger partial charge is 0.230 e. The van der Waals surface area contributed by atoms with Gasteiger partial charge in [-0.2, -0.15) is 0 Å². The molecular weight excluding hydrogens is 408 g/mol. The zero-order valence-electron chi connectivity index (χ0n) is 16.6. The molecule has 1 heterocycles. The number of methoxy groups -OCH3 is 1. The van der Waals surface area contributed by atoms with Crippen LogP contribution in [0.2, 0.25) is 5.02 Å². The minimum absolute atomic E-state index is 0.0297. The Morgan fingerprint density at radius 1 is 1.24 bits per heavy atom. The summed E-state index contributed by atoms with van der Waals surface area (Å²) in [4.78, 5) is 12.2. The van der Waals surface area contributed by atoms with E-state index in [1.165, 1.54) is 11.8 Å². The van der Waals surface area contributed by atoms with Crippen LogP contribution in [0, 0.1) is 0 Å². The van der Waals surface area contributed by atoms with Gasteiger partial charge in [-0.1, -0.05) is 42.4 Å². The van der Waals surface area contributed by atoms with Gasteiger partial charge < -0.3 is 10.1 Å². The number of carbonyl (C=O) groups is 1. The van der Waals surface area contributed by atoms with Crippen LogP contribution in [0.4, 0.5) is 0 Å². The van der Waals surface area contributed by atoms with Crippen molar-refractivity contribution < 1.29 is 9.53 Å². The molecule has 1 atom stereocenters. The molecule has 3 rings (SSSR count). The highest BCUT2D eigenvalue weighted by Crippen LogP contribution is 2.30. The van der Waals surface area contributed by atoms with E-state index in [4.69, 9.17) is 16.3 Å². The molecule has 3 aromatic rings. The van der Waals surface area contributed by atoms with Crippen molar-refractivity contribution in [2.75, 3.05) is 12.9 Å². The van der Waals surface area contributed by atoms with Crippen molar-refractivity contribution in [3.05, 3.63) is 53.6 Å². The van der Waals surface area contributed by atoms with Gasteiger partial charge in [-0.15, -0.1) is 10.2 Å². The SMILES string of the molecule is CCC(C)NC(=O)CSc1nnc(-c2cccc(OC)c2)n1-c1ccc(Cl)cc1. The Balaban J connectivity index is 1.95. The zero-order valence-corrected chi connectivity index (χ0v) is 18.1. The number of ether oxygens (including phenoxy) is 1. The van der Waals surface area contributed by atoms with E-state index in [9.17, 15) is 4.79 Å². The van der Waals surface area contributed by atoms with E-state index in [0.717, 1.165) is 23.4 Å². The average molecular weight is 431 g/mol. The Kier molecular flexibility index (Phi) is 7.17. The van der Waals surface area contributed by atoms with Crippen LogP contribution in [-0.4, -0.2) is 39.6 Å². The summed E-state index contributed by atoms with van der Waals surface area (Å²) >= 11 is 7.40. The minimum atomic E-state index is -0.0297. The van der Waals surface area contributed by atoms with Crippen LogP contribution in [0.15, 0.2) is 53.7 Å². The van der Waals surface area contributed by atoms with Crippen molar-refractivity contribution in [2.24, 2.45) is 0 Å². The number of amides is 1. The van der Waals surface area contributed by atoms with Crippen LogP contribution >= 0.6 is 23.4 Å². The molecule has 0 aliphatic heterocycles. The van der Waals surface area contributed by atoms with Gasteiger partial charge in [0.1, 0.15) is 5.75 Å². The molecule has 29 heavy (non-hydrogen) atoms. The molecule has 0 saturated carbocycles. The van der Waals surface area contributed by atoms with E-state index >= 15 is 0 Å². The lowest BCUT2D eigenvalue weighted by Gasteiger charge is -2.12. The summed E-state index contributed by atoms with van der Waals surface area (Å²) in [5, 5.41) is 13.0. The minimum Gasteiger partial charge on any atom is -0.497 e. The van der Waals surface area contributed by atoms with Crippen molar-refractivity contribution in [1.82, 2.24) is 20.1 Å². The third-order valence-corrected chi connectivity index (χ3v) is 5.58. The maximum Gasteiger partial charge on any atom is 0.230 e. The molecule has 0 aliphatic rings. The predicted octanol–water partition coefficient (Wildman–Crippen LogP) is 4.60. The van der Waals surface area contributed by atoms with Crippen LogP contribution in [0.25, 0.3) is 17.1 Å². The molecule has 1 N–H and O–H groups in total. The van der Waals surface area contributed by atoms with Gasteiger partial charge in [0.25, 0.3) is 0 Å². The molecule has 1 unspecified atom stereocenters. The molecule has 0 bridgehead atoms. The van der Waals surface area contributed by atoms with Gasteiger partial charge in [0.2, 0.25) is 5.91 Å². The number of nitrogens with one attached hydrogen (secondary N) is 1. The van der Waals surface area contributed by atoms with Gasteiger partial charge in [0.15, 0.2) is 11.0 Å². The Morgan fingerprint density at radius 3 is 2.69 bits per heavy atom. The largest absolute Gasteiger partial charge is 0.497 e. The molecule has 0 spiro atoms. The lowest BCUT2D eigenvalue weighted by Crippen LogP contribution is -2.33. The average Bonchev–Trinajstić information content (AvgIpc) is 3.16. The molecule has 1 aromatic heterocycles. The number of benzene rings is 2. The maximum absolute atomic E-state index is 12.2. The number of nitrogens with zero attached hydrogens (tertiary/aromatic N) is 3. The van der Waals surface area contributed by atoms with Crippen LogP contribution in [0.5, 0.6) is 5.75 Å². The van der Waals surface area contributed by atoms with Gasteiger partial charge in [-0.05, 0) is 49.7 Å². The van der Waals surface area contributed by atoms with Gasteiger partial charge in [-0.25, -0.2) is 0 Å². The topological polar surface area (TPSA) is 69.0 Å². The van der Waals surface area contributed by atoms with E-state index in [0.29, 0.717) is 16.0 Å². The van der Waals surface area contributed by atoms with E-state index in [1.54, 1.807) is 7.11 Å². The lowest BCUT2D eigenvalue weighted by molar-refractivity contribution is -0.119. The third kappa shape index (κ3) is 5.31. The Morgan fingerprint density at radius 2 is 2.00 bits per heavy atom. The Bertz CT molecular complexity index is 975. The van der Waals surface area contributed by atoms with Gasteiger partial charge in [-0.3, -0.25) is 9.36 Å². The van der Waals surface area contributed by atoms with Gasteiger partial charge >= 0.3 is 0 Å². The number of rotatable bonds is 8. The highest BCUT2D eigenvalue weighted by Gasteiger charge is 2.18. The van der Waals surface area contributed by atoms with E-state index < -0.39 is 0 Å². The van der Waals surface area contributed by atoms with Crippen molar-refractivity contribution >= 4 is 29.3 Å². The predicted molar refractivity (Wildman–Crippen MR) is 117 cm³/mol. The number of aromatic nitrogens is 3. The maximum atomic E-state index is 12.2. The normalized spacial score (nSPS) is 11.9. The fourth-order valence-electron chi connectivity index (χ4n) is 2.68. The van der Waals surface area contributed by atoms with Crippen molar-refractivity contribution in [2.45, 2.75) is 31.5 Å². The molecule has 2 aromatic carbocycles. The first-order valence-corrected chi connectivity index (χ1v) is 10.7. The summed E-state index contributed by atoms with van der Waals surface area (Å²) in [5.74, 6) is 1.62. The third-order valence-electron chi connectivity index (χ3n) is 4.40. The molecule has 6 nitrogen and oxygen atoms in total. The molecule has 0 fully saturated rings. The first-order chi connectivity index (χ1) is 14.0. The van der Waals surface area contributed by atoms with Crippen LogP contribution in [0.1, 0.15) is 20.3 Å². The molecule has 1 amide bonds. The first-order valence-electron chi connectivity index (χ1n) is 9.29. The highest BCUT2D eigenvalue weighted by atomic mass is 35.5. The molecular formula is C21H23ClN4O2S. The molecule has 0 saturated heterocycles. The summed E-state index contributed by atoms with van der Waals surface area (Å²) in [7, 11) is 1.63. The van der Waals surface area contributed by atoms with Crippen LogP contribution in [-0.2, 0) is 4.79 Å². The zero-order chi connectivity index (χ0) is 20.8. The van der Waals surface area contributed by atoms with Gasteiger partial charge in [0, 0.05) is 22.3 Å². The highest BCUT2D eigenvalue weighted by molar-refractivity contribution is 7.99. The summed E-state index contributed by atoms with van der Waals surface area (Å²) in [6.45, 7) is 4.02. The van der Waals surface area contributed by atoms with E-state index in [2.05, 4.69) is 15.5 Å². The molecule has 0 aliphatic carbocycles. The Labute approximate surface area is 179 Å². The summed E-state index contributed by atoms with van der Waals surface area (Å²) in [6.07, 6.45) is 0.886. The Hall–Kier alpha value is -2.51. The summed E-state index contributed by atoms with van der Waals surface area (Å²) < 4.78 is 7.26. The number of thioether (sulfide) groups is 1. The van der Waals surface area contributed by atoms with Crippen molar-refractivity contribution in [3.63, 3.8) is 0 Å². The molecule has 152 valence electrons.